The zero-order valence-corrected chi connectivity index (χ0v) is 16.4. The van der Waals surface area contributed by atoms with Gasteiger partial charge in [0.15, 0.2) is 0 Å². The van der Waals surface area contributed by atoms with Crippen molar-refractivity contribution in [3.63, 3.8) is 0 Å². The average molecular weight is 392 g/mol. The SMILES string of the molecule is CCOC(=O)c1sc2ncnc(Nc3cc(C)c(Cl)cc3OC)c2c1C. The fourth-order valence-electron chi connectivity index (χ4n) is 2.62. The molecule has 3 aromatic rings. The lowest BCUT2D eigenvalue weighted by Crippen LogP contribution is -2.04. The van der Waals surface area contributed by atoms with E-state index in [-0.39, 0.29) is 5.97 Å². The molecule has 0 aliphatic carbocycles. The number of carbonyl (C=O) groups excluding carboxylic acids is 1. The fraction of sp³-hybridized carbons (Fsp3) is 0.278. The van der Waals surface area contributed by atoms with Crippen molar-refractivity contribution in [3.05, 3.63) is 39.5 Å². The molecule has 0 atom stereocenters. The number of carbonyl (C=O) groups is 1. The Morgan fingerprint density at radius 3 is 2.77 bits per heavy atom. The predicted octanol–water partition coefficient (Wildman–Crippen LogP) is 4.89. The third-order valence-electron chi connectivity index (χ3n) is 3.92. The maximum atomic E-state index is 12.2. The molecule has 8 heteroatoms. The predicted molar refractivity (Wildman–Crippen MR) is 104 cm³/mol. The van der Waals surface area contributed by atoms with Gasteiger partial charge in [0.2, 0.25) is 0 Å². The Bertz CT molecular complexity index is 987. The minimum Gasteiger partial charge on any atom is -0.495 e. The number of aromatic nitrogens is 2. The smallest absolute Gasteiger partial charge is 0.348 e. The Labute approximate surface area is 160 Å². The molecule has 1 aromatic carbocycles. The number of methoxy groups -OCH3 is 1. The number of aryl methyl sites for hydroxylation is 2. The first-order valence-corrected chi connectivity index (χ1v) is 9.18. The summed E-state index contributed by atoms with van der Waals surface area (Å²) in [7, 11) is 1.58. The average Bonchev–Trinajstić information content (AvgIpc) is 2.96. The molecule has 0 saturated carbocycles. The van der Waals surface area contributed by atoms with Crippen molar-refractivity contribution in [2.24, 2.45) is 0 Å². The van der Waals surface area contributed by atoms with Gasteiger partial charge in [0, 0.05) is 11.1 Å². The molecule has 0 saturated heterocycles. The number of nitrogens with zero attached hydrogens (tertiary/aromatic N) is 2. The van der Waals surface area contributed by atoms with Gasteiger partial charge in [-0.2, -0.15) is 0 Å². The molecular formula is C18H18ClN3O3S. The molecule has 0 fully saturated rings. The minimum absolute atomic E-state index is 0.324. The largest absolute Gasteiger partial charge is 0.495 e. The number of nitrogens with one attached hydrogen (secondary N) is 1. The van der Waals surface area contributed by atoms with E-state index in [1.807, 2.05) is 19.9 Å². The summed E-state index contributed by atoms with van der Waals surface area (Å²) in [4.78, 5) is 22.1. The summed E-state index contributed by atoms with van der Waals surface area (Å²) in [6.07, 6.45) is 1.46. The maximum absolute atomic E-state index is 12.2. The molecule has 0 aliphatic heterocycles. The molecule has 3 rings (SSSR count). The molecule has 0 bridgehead atoms. The van der Waals surface area contributed by atoms with Crippen molar-refractivity contribution in [3.8, 4) is 5.75 Å². The van der Waals surface area contributed by atoms with Crippen LogP contribution < -0.4 is 10.1 Å². The van der Waals surface area contributed by atoms with Crippen molar-refractivity contribution in [1.82, 2.24) is 9.97 Å². The van der Waals surface area contributed by atoms with E-state index in [1.165, 1.54) is 17.7 Å². The summed E-state index contributed by atoms with van der Waals surface area (Å²) >= 11 is 7.47. The van der Waals surface area contributed by atoms with Gasteiger partial charge in [0.1, 0.15) is 27.6 Å². The highest BCUT2D eigenvalue weighted by Gasteiger charge is 2.21. The van der Waals surface area contributed by atoms with Crippen LogP contribution in [-0.2, 0) is 4.74 Å². The quantitative estimate of drug-likeness (QED) is 0.624. The van der Waals surface area contributed by atoms with Crippen LogP contribution in [0, 0.1) is 13.8 Å². The van der Waals surface area contributed by atoms with Crippen molar-refractivity contribution >= 4 is 50.6 Å². The molecule has 0 unspecified atom stereocenters. The number of thiophene rings is 1. The molecule has 6 nitrogen and oxygen atoms in total. The molecule has 26 heavy (non-hydrogen) atoms. The second-order valence-corrected chi connectivity index (χ2v) is 7.01. The molecule has 0 amide bonds. The van der Waals surface area contributed by atoms with E-state index in [0.29, 0.717) is 32.9 Å². The topological polar surface area (TPSA) is 73.3 Å². The van der Waals surface area contributed by atoms with Crippen molar-refractivity contribution in [1.29, 1.82) is 0 Å². The number of hydrogen-bond donors (Lipinski definition) is 1. The lowest BCUT2D eigenvalue weighted by Gasteiger charge is -2.13. The Kier molecular flexibility index (Phi) is 5.29. The van der Waals surface area contributed by atoms with Gasteiger partial charge in [0.05, 0.1) is 24.8 Å². The van der Waals surface area contributed by atoms with Crippen molar-refractivity contribution in [2.75, 3.05) is 19.0 Å². The van der Waals surface area contributed by atoms with E-state index in [0.717, 1.165) is 22.2 Å². The molecule has 0 radical (unpaired) electrons. The van der Waals surface area contributed by atoms with E-state index in [2.05, 4.69) is 15.3 Å². The summed E-state index contributed by atoms with van der Waals surface area (Å²) < 4.78 is 10.5. The fourth-order valence-corrected chi connectivity index (χ4v) is 3.81. The van der Waals surface area contributed by atoms with Gasteiger partial charge in [-0.1, -0.05) is 11.6 Å². The van der Waals surface area contributed by atoms with E-state index in [1.54, 1.807) is 20.1 Å². The van der Waals surface area contributed by atoms with Crippen LogP contribution in [0.3, 0.4) is 0 Å². The van der Waals surface area contributed by atoms with Crippen LogP contribution in [0.4, 0.5) is 11.5 Å². The number of benzene rings is 1. The van der Waals surface area contributed by atoms with E-state index < -0.39 is 0 Å². The van der Waals surface area contributed by atoms with Crippen molar-refractivity contribution < 1.29 is 14.3 Å². The lowest BCUT2D eigenvalue weighted by atomic mass is 10.1. The van der Waals surface area contributed by atoms with Crippen LogP contribution in [0.25, 0.3) is 10.2 Å². The summed E-state index contributed by atoms with van der Waals surface area (Å²) in [6.45, 7) is 5.88. The third-order valence-corrected chi connectivity index (χ3v) is 5.51. The first kappa shape index (κ1) is 18.4. The Morgan fingerprint density at radius 1 is 1.31 bits per heavy atom. The van der Waals surface area contributed by atoms with Gasteiger partial charge in [-0.05, 0) is 38.0 Å². The highest BCUT2D eigenvalue weighted by Crippen LogP contribution is 2.37. The maximum Gasteiger partial charge on any atom is 0.348 e. The summed E-state index contributed by atoms with van der Waals surface area (Å²) in [5.41, 5.74) is 2.43. The van der Waals surface area contributed by atoms with Crippen LogP contribution in [0.2, 0.25) is 5.02 Å². The molecule has 0 aliphatic rings. The molecule has 0 spiro atoms. The van der Waals surface area contributed by atoms with Crippen LogP contribution in [0.15, 0.2) is 18.5 Å². The molecular weight excluding hydrogens is 374 g/mol. The van der Waals surface area contributed by atoms with Gasteiger partial charge in [0.25, 0.3) is 0 Å². The normalized spacial score (nSPS) is 10.8. The molecule has 136 valence electrons. The Hall–Kier alpha value is -2.38. The highest BCUT2D eigenvalue weighted by atomic mass is 35.5. The Balaban J connectivity index is 2.09. The first-order valence-electron chi connectivity index (χ1n) is 7.98. The summed E-state index contributed by atoms with van der Waals surface area (Å²) in [5, 5.41) is 4.69. The van der Waals surface area contributed by atoms with Crippen LogP contribution in [0.1, 0.15) is 27.7 Å². The number of hydrogen-bond acceptors (Lipinski definition) is 7. The van der Waals surface area contributed by atoms with Crippen LogP contribution >= 0.6 is 22.9 Å². The summed E-state index contributed by atoms with van der Waals surface area (Å²) in [5.74, 6) is 0.851. The van der Waals surface area contributed by atoms with E-state index in [4.69, 9.17) is 21.1 Å². The first-order chi connectivity index (χ1) is 12.5. The van der Waals surface area contributed by atoms with Gasteiger partial charge >= 0.3 is 5.97 Å². The van der Waals surface area contributed by atoms with E-state index in [9.17, 15) is 4.79 Å². The third kappa shape index (κ3) is 3.32. The number of anilines is 2. The molecule has 2 aromatic heterocycles. The zero-order valence-electron chi connectivity index (χ0n) is 14.8. The van der Waals surface area contributed by atoms with Crippen molar-refractivity contribution in [2.45, 2.75) is 20.8 Å². The monoisotopic (exact) mass is 391 g/mol. The van der Waals surface area contributed by atoms with E-state index >= 15 is 0 Å². The number of ether oxygens (including phenoxy) is 2. The minimum atomic E-state index is -0.348. The second kappa shape index (κ2) is 7.47. The zero-order chi connectivity index (χ0) is 18.8. The van der Waals surface area contributed by atoms with Gasteiger partial charge in [-0.25, -0.2) is 14.8 Å². The van der Waals surface area contributed by atoms with Gasteiger partial charge < -0.3 is 14.8 Å². The molecule has 1 N–H and O–H groups in total. The number of esters is 1. The Morgan fingerprint density at radius 2 is 2.08 bits per heavy atom. The second-order valence-electron chi connectivity index (χ2n) is 5.61. The lowest BCUT2D eigenvalue weighted by molar-refractivity contribution is 0.0531. The number of halogens is 1. The molecule has 2 heterocycles. The standard InChI is InChI=1S/C18H18ClN3O3S/c1-5-25-18(23)15-10(3)14-16(20-8-21-17(14)26-15)22-12-6-9(2)11(19)7-13(12)24-4/h6-8H,5H2,1-4H3,(H,20,21,22). The number of fused-ring (bicyclic) bond motifs is 1. The van der Waals surface area contributed by atoms with Crippen LogP contribution in [-0.4, -0.2) is 29.7 Å². The van der Waals surface area contributed by atoms with Gasteiger partial charge in [-0.15, -0.1) is 11.3 Å². The van der Waals surface area contributed by atoms with Gasteiger partial charge in [-0.3, -0.25) is 0 Å². The highest BCUT2D eigenvalue weighted by molar-refractivity contribution is 7.20. The summed E-state index contributed by atoms with van der Waals surface area (Å²) in [6, 6.07) is 3.64. The number of rotatable bonds is 5. The van der Waals surface area contributed by atoms with Crippen LogP contribution in [0.5, 0.6) is 5.75 Å².